The first-order chi connectivity index (χ1) is 14.2. The highest BCUT2D eigenvalue weighted by Gasteiger charge is 2.23. The van der Waals surface area contributed by atoms with E-state index in [-0.39, 0.29) is 5.91 Å². The zero-order valence-electron chi connectivity index (χ0n) is 17.0. The smallest absolute Gasteiger partial charge is 0.232 e. The molecule has 0 spiro atoms. The summed E-state index contributed by atoms with van der Waals surface area (Å²) in [6.07, 6.45) is 4.25. The van der Waals surface area contributed by atoms with Crippen molar-refractivity contribution >= 4 is 28.6 Å². The normalized spacial score (nSPS) is 15.0. The Morgan fingerprint density at radius 1 is 1.07 bits per heavy atom. The Balaban J connectivity index is 1.32. The van der Waals surface area contributed by atoms with Crippen molar-refractivity contribution in [2.24, 2.45) is 5.92 Å². The Morgan fingerprint density at radius 2 is 1.79 bits per heavy atom. The van der Waals surface area contributed by atoms with Crippen LogP contribution in [0.25, 0.3) is 10.9 Å². The number of hydrogen-bond donors (Lipinski definition) is 0. The molecule has 1 aliphatic rings. The van der Waals surface area contributed by atoms with E-state index >= 15 is 0 Å². The van der Waals surface area contributed by atoms with Gasteiger partial charge in [0.1, 0.15) is 5.03 Å². The molecule has 150 valence electrons. The third-order valence-electron chi connectivity index (χ3n) is 5.81. The van der Waals surface area contributed by atoms with E-state index in [4.69, 9.17) is 4.98 Å². The third kappa shape index (κ3) is 4.99. The molecule has 2 aromatic carbocycles. The maximum atomic E-state index is 12.8. The summed E-state index contributed by atoms with van der Waals surface area (Å²) in [5, 5.41) is 2.17. The zero-order valence-corrected chi connectivity index (χ0v) is 17.8. The predicted octanol–water partition coefficient (Wildman–Crippen LogP) is 5.37. The standard InChI is InChI=1S/C25H28N2OS/c1-2-21-17-22-10-6-7-11-23(22)26-25(21)29-18-24(28)27-14-12-20(13-15-27)16-19-8-4-3-5-9-19/h3-11,17,20H,2,12-16,18H2,1H3. The molecule has 0 N–H and O–H groups in total. The highest BCUT2D eigenvalue weighted by Crippen LogP contribution is 2.27. The van der Waals surface area contributed by atoms with Crippen molar-refractivity contribution in [3.05, 3.63) is 71.8 Å². The Bertz CT molecular complexity index is 965. The van der Waals surface area contributed by atoms with Crippen molar-refractivity contribution in [3.63, 3.8) is 0 Å². The van der Waals surface area contributed by atoms with Crippen molar-refractivity contribution in [2.45, 2.75) is 37.6 Å². The van der Waals surface area contributed by atoms with Gasteiger partial charge in [0.2, 0.25) is 5.91 Å². The molecule has 29 heavy (non-hydrogen) atoms. The van der Waals surface area contributed by atoms with Crippen molar-refractivity contribution in [1.82, 2.24) is 9.88 Å². The fourth-order valence-electron chi connectivity index (χ4n) is 4.08. The van der Waals surface area contributed by atoms with E-state index < -0.39 is 0 Å². The second-order valence-corrected chi connectivity index (χ2v) is 8.77. The number of pyridine rings is 1. The van der Waals surface area contributed by atoms with Crippen LogP contribution in [0.1, 0.15) is 30.9 Å². The number of carbonyl (C=O) groups excluding carboxylic acids is 1. The van der Waals surface area contributed by atoms with Crippen LogP contribution in [0, 0.1) is 5.92 Å². The average Bonchev–Trinajstić information content (AvgIpc) is 2.78. The van der Waals surface area contributed by atoms with Gasteiger partial charge in [-0.2, -0.15) is 0 Å². The van der Waals surface area contributed by atoms with Crippen LogP contribution < -0.4 is 0 Å². The number of nitrogens with zero attached hydrogens (tertiary/aromatic N) is 2. The molecule has 4 heteroatoms. The van der Waals surface area contributed by atoms with Gasteiger partial charge in [-0.3, -0.25) is 4.79 Å². The van der Waals surface area contributed by atoms with Crippen LogP contribution in [0.2, 0.25) is 0 Å². The molecule has 1 aliphatic heterocycles. The summed E-state index contributed by atoms with van der Waals surface area (Å²) in [4.78, 5) is 19.6. The molecule has 3 nitrogen and oxygen atoms in total. The van der Waals surface area contributed by atoms with E-state index in [2.05, 4.69) is 49.4 Å². The van der Waals surface area contributed by atoms with Crippen LogP contribution >= 0.6 is 11.8 Å². The summed E-state index contributed by atoms with van der Waals surface area (Å²) in [6, 6.07) is 21.1. The van der Waals surface area contributed by atoms with Crippen molar-refractivity contribution in [1.29, 1.82) is 0 Å². The van der Waals surface area contributed by atoms with Gasteiger partial charge in [-0.1, -0.05) is 67.2 Å². The lowest BCUT2D eigenvalue weighted by molar-refractivity contribution is -0.129. The molecular weight excluding hydrogens is 376 g/mol. The number of thioether (sulfide) groups is 1. The summed E-state index contributed by atoms with van der Waals surface area (Å²) in [6.45, 7) is 3.90. The van der Waals surface area contributed by atoms with E-state index in [0.717, 1.165) is 49.3 Å². The number of hydrogen-bond acceptors (Lipinski definition) is 3. The van der Waals surface area contributed by atoms with Gasteiger partial charge in [-0.15, -0.1) is 0 Å². The first-order valence-electron chi connectivity index (χ1n) is 10.6. The van der Waals surface area contributed by atoms with Crippen molar-refractivity contribution < 1.29 is 4.79 Å². The summed E-state index contributed by atoms with van der Waals surface area (Å²) >= 11 is 1.59. The quantitative estimate of drug-likeness (QED) is 0.518. The zero-order chi connectivity index (χ0) is 20.1. The first kappa shape index (κ1) is 20.0. The predicted molar refractivity (Wildman–Crippen MR) is 121 cm³/mol. The maximum absolute atomic E-state index is 12.8. The molecule has 3 aromatic rings. The summed E-state index contributed by atoms with van der Waals surface area (Å²) in [5.74, 6) is 1.40. The average molecular weight is 405 g/mol. The van der Waals surface area contributed by atoms with Crippen LogP contribution in [0.5, 0.6) is 0 Å². The lowest BCUT2D eigenvalue weighted by atomic mass is 9.90. The van der Waals surface area contributed by atoms with E-state index in [1.54, 1.807) is 11.8 Å². The van der Waals surface area contributed by atoms with Crippen LogP contribution in [0.3, 0.4) is 0 Å². The molecule has 1 fully saturated rings. The first-order valence-corrected chi connectivity index (χ1v) is 11.5. The minimum Gasteiger partial charge on any atom is -0.342 e. The number of benzene rings is 2. The molecule has 0 radical (unpaired) electrons. The van der Waals surface area contributed by atoms with Gasteiger partial charge < -0.3 is 4.90 Å². The van der Waals surface area contributed by atoms with E-state index in [9.17, 15) is 4.79 Å². The van der Waals surface area contributed by atoms with Gasteiger partial charge in [-0.25, -0.2) is 4.98 Å². The van der Waals surface area contributed by atoms with Crippen molar-refractivity contribution in [2.75, 3.05) is 18.8 Å². The van der Waals surface area contributed by atoms with Gasteiger partial charge in [0, 0.05) is 18.5 Å². The van der Waals surface area contributed by atoms with Gasteiger partial charge in [-0.05, 0) is 54.9 Å². The molecule has 1 aromatic heterocycles. The Labute approximate surface area is 177 Å². The van der Waals surface area contributed by atoms with Crippen LogP contribution in [-0.2, 0) is 17.6 Å². The number of amides is 1. The molecule has 0 atom stereocenters. The number of likely N-dealkylation sites (tertiary alicyclic amines) is 1. The van der Waals surface area contributed by atoms with Crippen LogP contribution in [0.4, 0.5) is 0 Å². The number of rotatable bonds is 6. The van der Waals surface area contributed by atoms with Gasteiger partial charge >= 0.3 is 0 Å². The molecule has 0 saturated carbocycles. The minimum atomic E-state index is 0.241. The highest BCUT2D eigenvalue weighted by atomic mass is 32.2. The molecule has 0 aliphatic carbocycles. The fraction of sp³-hybridized carbons (Fsp3) is 0.360. The second kappa shape index (κ2) is 9.45. The van der Waals surface area contributed by atoms with Crippen LogP contribution in [0.15, 0.2) is 65.7 Å². The maximum Gasteiger partial charge on any atom is 0.232 e. The molecular formula is C25H28N2OS. The van der Waals surface area contributed by atoms with Gasteiger partial charge in [0.05, 0.1) is 11.3 Å². The summed E-state index contributed by atoms with van der Waals surface area (Å²) in [7, 11) is 0. The van der Waals surface area contributed by atoms with Crippen LogP contribution in [-0.4, -0.2) is 34.6 Å². The monoisotopic (exact) mass is 404 g/mol. The largest absolute Gasteiger partial charge is 0.342 e. The van der Waals surface area contributed by atoms with Gasteiger partial charge in [0.25, 0.3) is 0 Å². The van der Waals surface area contributed by atoms with Gasteiger partial charge in [0.15, 0.2) is 0 Å². The summed E-state index contributed by atoms with van der Waals surface area (Å²) in [5.41, 5.74) is 3.63. The number of piperidine rings is 1. The SMILES string of the molecule is CCc1cc2ccccc2nc1SCC(=O)N1CCC(Cc2ccccc2)CC1. The second-order valence-electron chi connectivity index (χ2n) is 7.80. The summed E-state index contributed by atoms with van der Waals surface area (Å²) < 4.78 is 0. The third-order valence-corrected chi connectivity index (χ3v) is 6.83. The lowest BCUT2D eigenvalue weighted by Gasteiger charge is -2.32. The highest BCUT2D eigenvalue weighted by molar-refractivity contribution is 7.99. The molecule has 1 saturated heterocycles. The number of carbonyl (C=O) groups is 1. The lowest BCUT2D eigenvalue weighted by Crippen LogP contribution is -2.39. The molecule has 1 amide bonds. The van der Waals surface area contributed by atoms with E-state index in [0.29, 0.717) is 11.7 Å². The van der Waals surface area contributed by atoms with E-state index in [1.807, 2.05) is 23.1 Å². The number of para-hydroxylation sites is 1. The van der Waals surface area contributed by atoms with E-state index in [1.165, 1.54) is 16.5 Å². The van der Waals surface area contributed by atoms with Crippen molar-refractivity contribution in [3.8, 4) is 0 Å². The molecule has 0 bridgehead atoms. The Hall–Kier alpha value is -2.33. The molecule has 2 heterocycles. The Kier molecular flexibility index (Phi) is 6.50. The minimum absolute atomic E-state index is 0.241. The Morgan fingerprint density at radius 3 is 2.55 bits per heavy atom. The molecule has 4 rings (SSSR count). The molecule has 0 unspecified atom stereocenters. The number of aromatic nitrogens is 1. The topological polar surface area (TPSA) is 33.2 Å². The number of aryl methyl sites for hydroxylation is 1. The number of fused-ring (bicyclic) bond motifs is 1. The fourth-order valence-corrected chi connectivity index (χ4v) is 5.07.